The summed E-state index contributed by atoms with van der Waals surface area (Å²) < 4.78 is 46.8. The maximum absolute atomic E-state index is 13.0. The zero-order valence-corrected chi connectivity index (χ0v) is 40.8. The van der Waals surface area contributed by atoms with E-state index < -0.39 is 32.5 Å². The fraction of sp³-hybridized carbons (Fsp3) is 0.750. The van der Waals surface area contributed by atoms with E-state index in [0.29, 0.717) is 12.8 Å². The van der Waals surface area contributed by atoms with Crippen molar-refractivity contribution in [3.63, 3.8) is 0 Å². The van der Waals surface area contributed by atoms with Crippen LogP contribution in [0.15, 0.2) is 47.4 Å². The van der Waals surface area contributed by atoms with E-state index in [-0.39, 0.29) is 70.2 Å². The van der Waals surface area contributed by atoms with Gasteiger partial charge in [0.2, 0.25) is 0 Å². The molecular formula is C48H81KO7S. The first-order chi connectivity index (χ1) is 27.3. The van der Waals surface area contributed by atoms with Gasteiger partial charge in [0, 0.05) is 0 Å². The van der Waals surface area contributed by atoms with Gasteiger partial charge in [0.1, 0.15) is 10.1 Å². The van der Waals surface area contributed by atoms with Crippen molar-refractivity contribution in [2.45, 2.75) is 224 Å². The third-order valence-electron chi connectivity index (χ3n) is 10.5. The molecule has 0 aliphatic rings. The van der Waals surface area contributed by atoms with Gasteiger partial charge in [-0.1, -0.05) is 185 Å². The van der Waals surface area contributed by atoms with Crippen LogP contribution in [0.4, 0.5) is 0 Å². The summed E-state index contributed by atoms with van der Waals surface area (Å²) in [4.78, 5) is 25.2. The molecule has 0 bridgehead atoms. The van der Waals surface area contributed by atoms with Crippen molar-refractivity contribution in [1.82, 2.24) is 0 Å². The second-order valence-corrected chi connectivity index (χ2v) is 17.0. The molecule has 0 saturated carbocycles. The van der Waals surface area contributed by atoms with Gasteiger partial charge in [0.15, 0.2) is 0 Å². The van der Waals surface area contributed by atoms with Crippen LogP contribution in [0.25, 0.3) is 0 Å². The Bertz CT molecular complexity index is 1280. The van der Waals surface area contributed by atoms with Gasteiger partial charge >= 0.3 is 63.3 Å². The van der Waals surface area contributed by atoms with E-state index in [4.69, 9.17) is 9.47 Å². The van der Waals surface area contributed by atoms with Crippen LogP contribution < -0.4 is 51.4 Å². The van der Waals surface area contributed by atoms with Crippen molar-refractivity contribution in [1.29, 1.82) is 0 Å². The maximum atomic E-state index is 13.0. The van der Waals surface area contributed by atoms with Gasteiger partial charge in [-0.3, -0.25) is 0 Å². The summed E-state index contributed by atoms with van der Waals surface area (Å²) in [6.45, 7) is 4.75. The third-order valence-corrected chi connectivity index (χ3v) is 11.4. The SMILES string of the molecule is CCCCCCCCCC/C=C/CCCCCCCCOC(=O)c1cccc(S(=O)(=O)[O-])c1C(=O)OCCCCCCCC/C=C/CCCCCCCCCC.[K+]. The quantitative estimate of drug-likeness (QED) is 0.0213. The van der Waals surface area contributed by atoms with Crippen LogP contribution >= 0.6 is 0 Å². The predicted octanol–water partition coefficient (Wildman–Crippen LogP) is 11.5. The van der Waals surface area contributed by atoms with E-state index in [1.165, 1.54) is 147 Å². The molecule has 7 nitrogen and oxygen atoms in total. The number of hydrogen-bond acceptors (Lipinski definition) is 7. The molecule has 0 N–H and O–H groups in total. The molecule has 0 saturated heterocycles. The molecule has 1 aromatic rings. The molecule has 0 unspecified atom stereocenters. The van der Waals surface area contributed by atoms with E-state index in [1.54, 1.807) is 0 Å². The number of rotatable bonds is 39. The average Bonchev–Trinajstić information content (AvgIpc) is 3.18. The van der Waals surface area contributed by atoms with Crippen molar-refractivity contribution in [2.75, 3.05) is 13.2 Å². The minimum Gasteiger partial charge on any atom is -0.744 e. The average molecular weight is 841 g/mol. The van der Waals surface area contributed by atoms with Crippen LogP contribution in [0, 0.1) is 0 Å². The van der Waals surface area contributed by atoms with Gasteiger partial charge < -0.3 is 14.0 Å². The Morgan fingerprint density at radius 2 is 0.807 bits per heavy atom. The molecule has 0 amide bonds. The third kappa shape index (κ3) is 32.6. The van der Waals surface area contributed by atoms with Crippen LogP contribution in [0.1, 0.15) is 240 Å². The number of allylic oxidation sites excluding steroid dienone is 4. The zero-order valence-electron chi connectivity index (χ0n) is 36.8. The monoisotopic (exact) mass is 841 g/mol. The molecular weight excluding hydrogens is 760 g/mol. The topological polar surface area (TPSA) is 110 Å². The molecule has 9 heteroatoms. The molecule has 0 aliphatic carbocycles. The molecule has 0 atom stereocenters. The molecule has 57 heavy (non-hydrogen) atoms. The fourth-order valence-electron chi connectivity index (χ4n) is 7.01. The molecule has 322 valence electrons. The number of carbonyl (C=O) groups excluding carboxylic acids is 2. The van der Waals surface area contributed by atoms with Crippen molar-refractivity contribution >= 4 is 22.1 Å². The second-order valence-electron chi connectivity index (χ2n) is 15.7. The van der Waals surface area contributed by atoms with Gasteiger partial charge in [-0.15, -0.1) is 0 Å². The molecule has 0 fully saturated rings. The summed E-state index contributed by atoms with van der Waals surface area (Å²) in [5.41, 5.74) is -0.788. The van der Waals surface area contributed by atoms with Crippen LogP contribution in [-0.4, -0.2) is 38.1 Å². The maximum Gasteiger partial charge on any atom is 1.00 e. The zero-order chi connectivity index (χ0) is 40.8. The van der Waals surface area contributed by atoms with Crippen molar-refractivity contribution in [3.8, 4) is 0 Å². The molecule has 0 aliphatic heterocycles. The number of carbonyl (C=O) groups is 2. The summed E-state index contributed by atoms with van der Waals surface area (Å²) in [6, 6.07) is 3.62. The first kappa shape index (κ1) is 56.2. The van der Waals surface area contributed by atoms with E-state index in [9.17, 15) is 22.6 Å². The predicted molar refractivity (Wildman–Crippen MR) is 232 cm³/mol. The van der Waals surface area contributed by atoms with Crippen molar-refractivity contribution in [3.05, 3.63) is 53.6 Å². The van der Waals surface area contributed by atoms with Crippen LogP contribution in [0.3, 0.4) is 0 Å². The Kier molecular flexibility index (Phi) is 40.0. The fourth-order valence-corrected chi connectivity index (χ4v) is 7.69. The summed E-state index contributed by atoms with van der Waals surface area (Å²) in [7, 11) is -5.02. The molecule has 0 radical (unpaired) electrons. The largest absolute Gasteiger partial charge is 1.00 e. The second kappa shape index (κ2) is 40.6. The first-order valence-corrected chi connectivity index (χ1v) is 24.5. The Morgan fingerprint density at radius 3 is 1.16 bits per heavy atom. The smallest absolute Gasteiger partial charge is 0.744 e. The minimum atomic E-state index is -5.02. The summed E-state index contributed by atoms with van der Waals surface area (Å²) in [5.74, 6) is -1.82. The van der Waals surface area contributed by atoms with E-state index in [0.717, 1.165) is 63.9 Å². The number of esters is 2. The molecule has 0 spiro atoms. The summed E-state index contributed by atoms with van der Waals surface area (Å²) >= 11 is 0. The molecule has 0 aromatic heterocycles. The summed E-state index contributed by atoms with van der Waals surface area (Å²) in [6.07, 6.45) is 47.5. The Labute approximate surface area is 392 Å². The Morgan fingerprint density at radius 1 is 0.491 bits per heavy atom. The van der Waals surface area contributed by atoms with E-state index >= 15 is 0 Å². The first-order valence-electron chi connectivity index (χ1n) is 23.1. The van der Waals surface area contributed by atoms with Gasteiger partial charge in [0.05, 0.1) is 29.2 Å². The van der Waals surface area contributed by atoms with E-state index in [2.05, 4.69) is 38.2 Å². The van der Waals surface area contributed by atoms with Gasteiger partial charge in [-0.05, 0) is 76.3 Å². The van der Waals surface area contributed by atoms with Gasteiger partial charge in [-0.2, -0.15) is 0 Å². The molecule has 0 heterocycles. The Hall–Kier alpha value is -0.814. The number of ether oxygens (including phenoxy) is 2. The van der Waals surface area contributed by atoms with Crippen molar-refractivity contribution in [2.24, 2.45) is 0 Å². The molecule has 1 rings (SSSR count). The normalized spacial score (nSPS) is 11.7. The summed E-state index contributed by atoms with van der Waals surface area (Å²) in [5, 5.41) is 0. The number of hydrogen-bond donors (Lipinski definition) is 0. The standard InChI is InChI=1S/C48H82O7S.K/c1-3-5-7-9-11-13-15-17-19-21-23-25-27-29-31-33-35-37-42-54-47(49)44-40-39-41-45(56(51,52)53)46(44)48(50)55-43-38-36-34-32-30-28-26-24-22-20-18-16-14-12-10-8-6-4-2;/h21-24,39-41H,3-20,25-38,42-43H2,1-2H3,(H,51,52,53);/q;+1/p-1/b23-21+,24-22+;. The molecule has 1 aromatic carbocycles. The number of benzene rings is 1. The van der Waals surface area contributed by atoms with Gasteiger partial charge in [0.25, 0.3) is 0 Å². The van der Waals surface area contributed by atoms with Crippen LogP contribution in [0.2, 0.25) is 0 Å². The number of unbranched alkanes of at least 4 members (excludes halogenated alkanes) is 28. The van der Waals surface area contributed by atoms with Crippen molar-refractivity contribution < 1.29 is 83.4 Å². The Balaban J connectivity index is 0.0000314. The van der Waals surface area contributed by atoms with Gasteiger partial charge in [-0.25, -0.2) is 18.0 Å². The van der Waals surface area contributed by atoms with E-state index in [1.807, 2.05) is 0 Å². The minimum absolute atomic E-state index is 0. The van der Waals surface area contributed by atoms with Crippen LogP contribution in [-0.2, 0) is 19.6 Å². The van der Waals surface area contributed by atoms with Crippen LogP contribution in [0.5, 0.6) is 0 Å².